The molecule has 0 spiro atoms. The van der Waals surface area contributed by atoms with Crippen LogP contribution in [-0.2, 0) is 9.59 Å². The van der Waals surface area contributed by atoms with Crippen LogP contribution in [0.25, 0.3) is 0 Å². The van der Waals surface area contributed by atoms with Crippen molar-refractivity contribution >= 4 is 11.9 Å². The number of carbonyl (C=O) groups is 2. The molecule has 0 aromatic carbocycles. The molecule has 1 atom stereocenters. The molecule has 94 valence electrons. The van der Waals surface area contributed by atoms with Crippen molar-refractivity contribution < 1.29 is 27.9 Å². The van der Waals surface area contributed by atoms with E-state index in [1.54, 1.807) is 0 Å². The number of nitrogens with one attached hydrogen (secondary N) is 1. The van der Waals surface area contributed by atoms with E-state index in [1.807, 2.05) is 13.8 Å². The van der Waals surface area contributed by atoms with Crippen LogP contribution in [0.4, 0.5) is 13.2 Å². The van der Waals surface area contributed by atoms with E-state index in [1.165, 1.54) is 5.32 Å². The molecule has 0 aliphatic carbocycles. The Hall–Kier alpha value is -1.27. The van der Waals surface area contributed by atoms with Crippen LogP contribution in [0.2, 0.25) is 0 Å². The first-order valence-electron chi connectivity index (χ1n) is 4.75. The van der Waals surface area contributed by atoms with Crippen molar-refractivity contribution in [1.29, 1.82) is 0 Å². The number of rotatable bonds is 5. The zero-order valence-corrected chi connectivity index (χ0v) is 8.97. The predicted molar refractivity (Wildman–Crippen MR) is 49.7 cm³/mol. The molecule has 2 N–H and O–H groups in total. The molecule has 4 nitrogen and oxygen atoms in total. The van der Waals surface area contributed by atoms with Crippen molar-refractivity contribution in [2.45, 2.75) is 38.9 Å². The van der Waals surface area contributed by atoms with Gasteiger partial charge in [-0.15, -0.1) is 0 Å². The Kier molecular flexibility index (Phi) is 5.26. The maximum Gasteiger partial charge on any atom is 0.471 e. The fraction of sp³-hybridized carbons (Fsp3) is 0.778. The minimum absolute atomic E-state index is 0.0190. The molecule has 0 saturated carbocycles. The average molecular weight is 241 g/mol. The molecule has 0 fully saturated rings. The first-order valence-corrected chi connectivity index (χ1v) is 4.75. The fourth-order valence-electron chi connectivity index (χ4n) is 0.997. The zero-order valence-electron chi connectivity index (χ0n) is 8.97. The lowest BCUT2D eigenvalue weighted by Gasteiger charge is -2.16. The van der Waals surface area contributed by atoms with Crippen LogP contribution in [0.5, 0.6) is 0 Å². The minimum atomic E-state index is -5.05. The number of alkyl halides is 3. The molecule has 0 aromatic heterocycles. The molecule has 0 aliphatic heterocycles. The van der Waals surface area contributed by atoms with Gasteiger partial charge in [-0.05, 0) is 18.8 Å². The Morgan fingerprint density at radius 1 is 1.25 bits per heavy atom. The maximum atomic E-state index is 11.9. The molecule has 7 heteroatoms. The highest BCUT2D eigenvalue weighted by atomic mass is 19.4. The quantitative estimate of drug-likeness (QED) is 0.767. The first kappa shape index (κ1) is 14.7. The SMILES string of the molecule is CC(C)CC[C@@H](NC(=O)C(F)(F)F)C(=O)O. The van der Waals surface area contributed by atoms with Gasteiger partial charge in [0.25, 0.3) is 0 Å². The van der Waals surface area contributed by atoms with Gasteiger partial charge < -0.3 is 10.4 Å². The van der Waals surface area contributed by atoms with Crippen molar-refractivity contribution in [1.82, 2.24) is 5.32 Å². The van der Waals surface area contributed by atoms with Gasteiger partial charge >= 0.3 is 18.1 Å². The number of halogens is 3. The van der Waals surface area contributed by atoms with Crippen LogP contribution in [0.1, 0.15) is 26.7 Å². The first-order chi connectivity index (χ1) is 7.14. The molecule has 0 unspecified atom stereocenters. The third kappa shape index (κ3) is 5.57. The highest BCUT2D eigenvalue weighted by Crippen LogP contribution is 2.15. The van der Waals surface area contributed by atoms with Gasteiger partial charge in [0, 0.05) is 0 Å². The topological polar surface area (TPSA) is 66.4 Å². The number of carboxylic acids is 1. The lowest BCUT2D eigenvalue weighted by molar-refractivity contribution is -0.175. The summed E-state index contributed by atoms with van der Waals surface area (Å²) in [5.74, 6) is -3.52. The largest absolute Gasteiger partial charge is 0.480 e. The average Bonchev–Trinajstić information content (AvgIpc) is 2.09. The van der Waals surface area contributed by atoms with E-state index in [2.05, 4.69) is 0 Å². The second-order valence-electron chi connectivity index (χ2n) is 3.83. The number of carboxylic acid groups (broad SMARTS) is 1. The molecule has 0 saturated heterocycles. The molecular formula is C9H14F3NO3. The smallest absolute Gasteiger partial charge is 0.471 e. The normalized spacial score (nSPS) is 13.6. The van der Waals surface area contributed by atoms with Crippen molar-refractivity contribution in [3.8, 4) is 0 Å². The maximum absolute atomic E-state index is 11.9. The van der Waals surface area contributed by atoms with Gasteiger partial charge in [-0.25, -0.2) is 4.79 Å². The number of hydrogen-bond donors (Lipinski definition) is 2. The van der Waals surface area contributed by atoms with Crippen LogP contribution >= 0.6 is 0 Å². The second-order valence-corrected chi connectivity index (χ2v) is 3.83. The summed E-state index contributed by atoms with van der Waals surface area (Å²) in [6, 6.07) is -1.49. The van der Waals surface area contributed by atoms with Crippen molar-refractivity contribution in [3.63, 3.8) is 0 Å². The highest BCUT2D eigenvalue weighted by molar-refractivity contribution is 5.86. The van der Waals surface area contributed by atoms with E-state index >= 15 is 0 Å². The molecule has 0 aliphatic rings. The molecule has 1 amide bonds. The van der Waals surface area contributed by atoms with Crippen molar-refractivity contribution in [2.75, 3.05) is 0 Å². The van der Waals surface area contributed by atoms with Gasteiger partial charge in [-0.1, -0.05) is 13.8 Å². The summed E-state index contributed by atoms with van der Waals surface area (Å²) in [4.78, 5) is 21.1. The molecular weight excluding hydrogens is 227 g/mol. The van der Waals surface area contributed by atoms with E-state index < -0.39 is 24.1 Å². The Morgan fingerprint density at radius 2 is 1.75 bits per heavy atom. The van der Waals surface area contributed by atoms with Crippen LogP contribution < -0.4 is 5.32 Å². The summed E-state index contributed by atoms with van der Waals surface area (Å²) >= 11 is 0. The number of amides is 1. The van der Waals surface area contributed by atoms with Gasteiger partial charge in [0.2, 0.25) is 0 Å². The molecule has 0 heterocycles. The van der Waals surface area contributed by atoms with Gasteiger partial charge in [-0.2, -0.15) is 13.2 Å². The lowest BCUT2D eigenvalue weighted by atomic mass is 10.0. The third-order valence-electron chi connectivity index (χ3n) is 1.89. The second kappa shape index (κ2) is 5.72. The van der Waals surface area contributed by atoms with Gasteiger partial charge in [0.05, 0.1) is 0 Å². The van der Waals surface area contributed by atoms with Crippen LogP contribution in [-0.4, -0.2) is 29.2 Å². The Balaban J connectivity index is 4.35. The van der Waals surface area contributed by atoms with E-state index in [-0.39, 0.29) is 12.3 Å². The van der Waals surface area contributed by atoms with E-state index in [0.717, 1.165) is 0 Å². The van der Waals surface area contributed by atoms with Gasteiger partial charge in [-0.3, -0.25) is 4.79 Å². The van der Waals surface area contributed by atoms with Crippen molar-refractivity contribution in [2.24, 2.45) is 5.92 Å². The summed E-state index contributed by atoms with van der Waals surface area (Å²) in [6.07, 6.45) is -4.64. The number of aliphatic carboxylic acids is 1. The zero-order chi connectivity index (χ0) is 12.9. The lowest BCUT2D eigenvalue weighted by Crippen LogP contribution is -2.46. The van der Waals surface area contributed by atoms with E-state index in [0.29, 0.717) is 6.42 Å². The molecule has 0 rings (SSSR count). The number of hydrogen-bond acceptors (Lipinski definition) is 2. The third-order valence-corrected chi connectivity index (χ3v) is 1.89. The standard InChI is InChI=1S/C9H14F3NO3/c1-5(2)3-4-6(7(14)15)13-8(16)9(10,11)12/h5-6H,3-4H2,1-2H3,(H,13,16)(H,14,15)/t6-/m1/s1. The molecule has 0 bridgehead atoms. The summed E-state index contributed by atoms with van der Waals surface area (Å²) < 4.78 is 35.6. The molecule has 0 radical (unpaired) electrons. The summed E-state index contributed by atoms with van der Waals surface area (Å²) in [5.41, 5.74) is 0. The Labute approximate surface area is 90.8 Å². The molecule has 16 heavy (non-hydrogen) atoms. The van der Waals surface area contributed by atoms with Crippen LogP contribution in [0, 0.1) is 5.92 Å². The van der Waals surface area contributed by atoms with E-state index in [4.69, 9.17) is 5.11 Å². The predicted octanol–water partition coefficient (Wildman–Crippen LogP) is 1.55. The van der Waals surface area contributed by atoms with Crippen LogP contribution in [0.3, 0.4) is 0 Å². The van der Waals surface area contributed by atoms with Crippen molar-refractivity contribution in [3.05, 3.63) is 0 Å². The highest BCUT2D eigenvalue weighted by Gasteiger charge is 2.40. The fourth-order valence-corrected chi connectivity index (χ4v) is 0.997. The minimum Gasteiger partial charge on any atom is -0.480 e. The monoisotopic (exact) mass is 241 g/mol. The summed E-state index contributed by atoms with van der Waals surface area (Å²) in [7, 11) is 0. The van der Waals surface area contributed by atoms with E-state index in [9.17, 15) is 22.8 Å². The Bertz CT molecular complexity index is 263. The summed E-state index contributed by atoms with van der Waals surface area (Å²) in [5, 5.41) is 10.1. The molecule has 0 aromatic rings. The summed E-state index contributed by atoms with van der Waals surface area (Å²) in [6.45, 7) is 3.62. The van der Waals surface area contributed by atoms with Gasteiger partial charge in [0.1, 0.15) is 6.04 Å². The van der Waals surface area contributed by atoms with Crippen LogP contribution in [0.15, 0.2) is 0 Å². The van der Waals surface area contributed by atoms with Gasteiger partial charge in [0.15, 0.2) is 0 Å². The Morgan fingerprint density at radius 3 is 2.06 bits per heavy atom. The number of carbonyl (C=O) groups excluding carboxylic acids is 1.